The lowest BCUT2D eigenvalue weighted by Crippen LogP contribution is -2.04. The highest BCUT2D eigenvalue weighted by atomic mass is 79.9. The van der Waals surface area contributed by atoms with Crippen molar-refractivity contribution in [2.75, 3.05) is 0 Å². The summed E-state index contributed by atoms with van der Waals surface area (Å²) in [5.41, 5.74) is 2.32. The van der Waals surface area contributed by atoms with E-state index in [1.54, 1.807) is 24.3 Å². The molecular formula is C15H11BrFNO2. The van der Waals surface area contributed by atoms with E-state index in [-0.39, 0.29) is 17.3 Å². The first kappa shape index (κ1) is 13.2. The molecule has 1 heterocycles. The van der Waals surface area contributed by atoms with Crippen LogP contribution in [0, 0.1) is 5.82 Å². The van der Waals surface area contributed by atoms with Crippen LogP contribution in [0.3, 0.4) is 0 Å². The molecule has 0 aliphatic heterocycles. The van der Waals surface area contributed by atoms with Crippen LogP contribution in [-0.2, 0) is 0 Å². The van der Waals surface area contributed by atoms with Crippen molar-refractivity contribution >= 4 is 21.9 Å². The molecule has 2 aromatic rings. The van der Waals surface area contributed by atoms with E-state index in [4.69, 9.17) is 0 Å². The number of nitrogens with zero attached hydrogens (tertiary/aromatic N) is 1. The van der Waals surface area contributed by atoms with Gasteiger partial charge in [0.25, 0.3) is 0 Å². The third-order valence-corrected chi connectivity index (χ3v) is 3.94. The van der Waals surface area contributed by atoms with E-state index in [0.717, 1.165) is 18.4 Å². The van der Waals surface area contributed by atoms with Gasteiger partial charge in [-0.3, -0.25) is 4.98 Å². The molecule has 102 valence electrons. The predicted molar refractivity (Wildman–Crippen MR) is 76.3 cm³/mol. The number of pyridine rings is 1. The molecule has 0 saturated heterocycles. The Hall–Kier alpha value is -1.75. The lowest BCUT2D eigenvalue weighted by molar-refractivity contribution is 0.0695. The zero-order valence-corrected chi connectivity index (χ0v) is 12.0. The summed E-state index contributed by atoms with van der Waals surface area (Å²) >= 11 is 3.14. The molecule has 0 unspecified atom stereocenters. The van der Waals surface area contributed by atoms with Crippen molar-refractivity contribution in [1.82, 2.24) is 4.98 Å². The molecule has 0 bridgehead atoms. The number of carbonyl (C=O) groups is 1. The van der Waals surface area contributed by atoms with Crippen LogP contribution < -0.4 is 0 Å². The van der Waals surface area contributed by atoms with Crippen LogP contribution in [0.5, 0.6) is 0 Å². The highest BCUT2D eigenvalue weighted by Gasteiger charge is 2.30. The Labute approximate surface area is 123 Å². The smallest absolute Gasteiger partial charge is 0.337 e. The Morgan fingerprint density at radius 1 is 1.30 bits per heavy atom. The Morgan fingerprint density at radius 3 is 2.65 bits per heavy atom. The first-order chi connectivity index (χ1) is 9.56. The average Bonchev–Trinajstić information content (AvgIpc) is 3.25. The maximum Gasteiger partial charge on any atom is 0.337 e. The van der Waals surface area contributed by atoms with Crippen LogP contribution in [0.1, 0.15) is 34.8 Å². The van der Waals surface area contributed by atoms with Gasteiger partial charge in [0.05, 0.1) is 21.4 Å². The number of rotatable bonds is 3. The molecular weight excluding hydrogens is 325 g/mol. The lowest BCUT2D eigenvalue weighted by Gasteiger charge is -2.08. The zero-order valence-electron chi connectivity index (χ0n) is 10.4. The second-order valence-corrected chi connectivity index (χ2v) is 5.69. The molecule has 3 nitrogen and oxygen atoms in total. The number of halogens is 2. The molecule has 1 N–H and O–H groups in total. The van der Waals surface area contributed by atoms with Crippen molar-refractivity contribution in [2.24, 2.45) is 0 Å². The van der Waals surface area contributed by atoms with Gasteiger partial charge >= 0.3 is 5.97 Å². The average molecular weight is 336 g/mol. The minimum absolute atomic E-state index is 0.241. The molecule has 1 aliphatic rings. The maximum absolute atomic E-state index is 13.3. The maximum atomic E-state index is 13.3. The summed E-state index contributed by atoms with van der Waals surface area (Å²) in [6, 6.07) is 7.89. The standard InChI is InChI=1S/C15H11BrFNO2/c16-11-7-9(3-5-12(11)17)13-6-4-10(15(19)20)14(18-13)8-1-2-8/h3-8H,1-2H2,(H,19,20). The van der Waals surface area contributed by atoms with Gasteiger partial charge in [-0.15, -0.1) is 0 Å². The molecule has 1 aromatic carbocycles. The zero-order chi connectivity index (χ0) is 14.3. The van der Waals surface area contributed by atoms with Crippen molar-refractivity contribution in [3.05, 3.63) is 51.9 Å². The normalized spacial score (nSPS) is 14.3. The van der Waals surface area contributed by atoms with Crippen molar-refractivity contribution in [2.45, 2.75) is 18.8 Å². The predicted octanol–water partition coefficient (Wildman–Crippen LogP) is 4.23. The van der Waals surface area contributed by atoms with Gasteiger partial charge in [-0.05, 0) is 59.1 Å². The molecule has 0 radical (unpaired) electrons. The number of carboxylic acid groups (broad SMARTS) is 1. The molecule has 3 rings (SSSR count). The summed E-state index contributed by atoms with van der Waals surface area (Å²) < 4.78 is 13.6. The third-order valence-electron chi connectivity index (χ3n) is 3.33. The van der Waals surface area contributed by atoms with Crippen LogP contribution in [0.25, 0.3) is 11.3 Å². The number of hydrogen-bond acceptors (Lipinski definition) is 2. The Balaban J connectivity index is 2.08. The Kier molecular flexibility index (Phi) is 3.30. The lowest BCUT2D eigenvalue weighted by atomic mass is 10.1. The largest absolute Gasteiger partial charge is 0.478 e. The van der Waals surface area contributed by atoms with Crippen molar-refractivity contribution in [3.63, 3.8) is 0 Å². The fraction of sp³-hybridized carbons (Fsp3) is 0.200. The fourth-order valence-electron chi connectivity index (χ4n) is 2.14. The molecule has 20 heavy (non-hydrogen) atoms. The molecule has 0 atom stereocenters. The summed E-state index contributed by atoms with van der Waals surface area (Å²) in [6.07, 6.45) is 1.95. The number of aromatic nitrogens is 1. The number of carboxylic acids is 1. The number of aromatic carboxylic acids is 1. The van der Waals surface area contributed by atoms with Crippen molar-refractivity contribution in [3.8, 4) is 11.3 Å². The molecule has 1 fully saturated rings. The second kappa shape index (κ2) is 4.98. The van der Waals surface area contributed by atoms with Crippen molar-refractivity contribution < 1.29 is 14.3 Å². The van der Waals surface area contributed by atoms with Gasteiger partial charge in [0.15, 0.2) is 0 Å². The quantitative estimate of drug-likeness (QED) is 0.913. The summed E-state index contributed by atoms with van der Waals surface area (Å²) in [5, 5.41) is 9.19. The van der Waals surface area contributed by atoms with E-state index in [2.05, 4.69) is 20.9 Å². The molecule has 1 saturated carbocycles. The van der Waals surface area contributed by atoms with E-state index in [9.17, 15) is 14.3 Å². The van der Waals surface area contributed by atoms with E-state index < -0.39 is 5.97 Å². The highest BCUT2D eigenvalue weighted by molar-refractivity contribution is 9.10. The van der Waals surface area contributed by atoms with Gasteiger partial charge in [0, 0.05) is 11.5 Å². The van der Waals surface area contributed by atoms with Crippen LogP contribution in [0.2, 0.25) is 0 Å². The van der Waals surface area contributed by atoms with Gasteiger partial charge in [0.2, 0.25) is 0 Å². The molecule has 0 amide bonds. The van der Waals surface area contributed by atoms with Gasteiger partial charge in [0.1, 0.15) is 5.82 Å². The van der Waals surface area contributed by atoms with Crippen LogP contribution >= 0.6 is 15.9 Å². The van der Waals surface area contributed by atoms with Gasteiger partial charge in [-0.2, -0.15) is 0 Å². The van der Waals surface area contributed by atoms with Crippen LogP contribution in [0.15, 0.2) is 34.8 Å². The molecule has 1 aliphatic carbocycles. The van der Waals surface area contributed by atoms with E-state index >= 15 is 0 Å². The van der Waals surface area contributed by atoms with Crippen molar-refractivity contribution in [1.29, 1.82) is 0 Å². The first-order valence-electron chi connectivity index (χ1n) is 6.26. The number of hydrogen-bond donors (Lipinski definition) is 1. The Bertz CT molecular complexity index is 698. The second-order valence-electron chi connectivity index (χ2n) is 4.84. The summed E-state index contributed by atoms with van der Waals surface area (Å²) in [4.78, 5) is 15.7. The van der Waals surface area contributed by atoms with Crippen LogP contribution in [0.4, 0.5) is 4.39 Å². The minimum atomic E-state index is -0.953. The summed E-state index contributed by atoms with van der Waals surface area (Å²) in [6.45, 7) is 0. The highest BCUT2D eigenvalue weighted by Crippen LogP contribution is 2.41. The minimum Gasteiger partial charge on any atom is -0.478 e. The molecule has 1 aromatic heterocycles. The van der Waals surface area contributed by atoms with Gasteiger partial charge < -0.3 is 5.11 Å². The monoisotopic (exact) mass is 335 g/mol. The van der Waals surface area contributed by atoms with E-state index in [1.807, 2.05) is 0 Å². The first-order valence-corrected chi connectivity index (χ1v) is 7.05. The molecule has 5 heteroatoms. The van der Waals surface area contributed by atoms with E-state index in [0.29, 0.717) is 15.9 Å². The SMILES string of the molecule is O=C(O)c1ccc(-c2ccc(F)c(Br)c2)nc1C1CC1. The summed E-state index contributed by atoms with van der Waals surface area (Å²) in [5.74, 6) is -1.05. The van der Waals surface area contributed by atoms with Crippen LogP contribution in [-0.4, -0.2) is 16.1 Å². The summed E-state index contributed by atoms with van der Waals surface area (Å²) in [7, 11) is 0. The number of benzene rings is 1. The third kappa shape index (κ3) is 2.45. The van der Waals surface area contributed by atoms with E-state index in [1.165, 1.54) is 6.07 Å². The van der Waals surface area contributed by atoms with Gasteiger partial charge in [-0.1, -0.05) is 0 Å². The Morgan fingerprint density at radius 2 is 2.05 bits per heavy atom. The molecule has 0 spiro atoms. The van der Waals surface area contributed by atoms with Gasteiger partial charge in [-0.25, -0.2) is 9.18 Å². The topological polar surface area (TPSA) is 50.2 Å². The fourth-order valence-corrected chi connectivity index (χ4v) is 2.52.